The Morgan fingerprint density at radius 3 is 2.54 bits per heavy atom. The second-order valence-electron chi connectivity index (χ2n) is 8.05. The number of hydrogen-bond donors (Lipinski definition) is 2. The molecule has 0 bridgehead atoms. The van der Waals surface area contributed by atoms with Crippen LogP contribution in [-0.4, -0.2) is 64.1 Å². The van der Waals surface area contributed by atoms with E-state index in [0.29, 0.717) is 37.6 Å². The monoisotopic (exact) mass is 410 g/mol. The van der Waals surface area contributed by atoms with Gasteiger partial charge in [-0.05, 0) is 50.3 Å². The summed E-state index contributed by atoms with van der Waals surface area (Å²) in [5.41, 5.74) is 1.20. The number of benzene rings is 1. The summed E-state index contributed by atoms with van der Waals surface area (Å²) < 4.78 is 32.7. The van der Waals surface area contributed by atoms with Crippen molar-refractivity contribution in [3.63, 3.8) is 0 Å². The van der Waals surface area contributed by atoms with E-state index in [4.69, 9.17) is 4.74 Å². The Labute approximate surface area is 168 Å². The van der Waals surface area contributed by atoms with Gasteiger partial charge in [0.25, 0.3) is 5.91 Å². The minimum atomic E-state index is -3.60. The molecular formula is C20H32N3O4S+. The second-order valence-corrected chi connectivity index (χ2v) is 9.95. The molecule has 1 amide bonds. The average Bonchev–Trinajstić information content (AvgIpc) is 2.70. The number of nitrogens with zero attached hydrogens (tertiary/aromatic N) is 1. The van der Waals surface area contributed by atoms with Crippen molar-refractivity contribution in [3.05, 3.63) is 23.8 Å². The maximum absolute atomic E-state index is 13.0. The van der Waals surface area contributed by atoms with Crippen molar-refractivity contribution >= 4 is 21.6 Å². The number of morpholine rings is 1. The van der Waals surface area contributed by atoms with Gasteiger partial charge in [-0.2, -0.15) is 4.31 Å². The summed E-state index contributed by atoms with van der Waals surface area (Å²) in [5, 5.41) is 2.93. The van der Waals surface area contributed by atoms with Crippen LogP contribution in [0.25, 0.3) is 0 Å². The van der Waals surface area contributed by atoms with Gasteiger partial charge >= 0.3 is 0 Å². The highest BCUT2D eigenvalue weighted by Gasteiger charge is 2.30. The number of ether oxygens (including phenoxy) is 1. The molecule has 2 fully saturated rings. The first-order valence-corrected chi connectivity index (χ1v) is 11.6. The predicted molar refractivity (Wildman–Crippen MR) is 108 cm³/mol. The molecule has 0 unspecified atom stereocenters. The summed E-state index contributed by atoms with van der Waals surface area (Å²) in [4.78, 5) is 14.3. The maximum atomic E-state index is 13.0. The highest BCUT2D eigenvalue weighted by molar-refractivity contribution is 7.89. The summed E-state index contributed by atoms with van der Waals surface area (Å²) in [5.74, 6) is 0.659. The molecule has 1 aromatic carbocycles. The van der Waals surface area contributed by atoms with Crippen molar-refractivity contribution < 1.29 is 22.8 Å². The van der Waals surface area contributed by atoms with E-state index in [0.717, 1.165) is 31.8 Å². The lowest BCUT2D eigenvalue weighted by Gasteiger charge is -2.31. The zero-order valence-corrected chi connectivity index (χ0v) is 17.8. The Balaban J connectivity index is 1.73. The predicted octanol–water partition coefficient (Wildman–Crippen LogP) is 0.658. The van der Waals surface area contributed by atoms with E-state index >= 15 is 0 Å². The molecule has 2 aliphatic rings. The summed E-state index contributed by atoms with van der Waals surface area (Å²) in [6, 6.07) is 4.95. The molecule has 2 N–H and O–H groups in total. The van der Waals surface area contributed by atoms with E-state index in [2.05, 4.69) is 12.2 Å². The van der Waals surface area contributed by atoms with E-state index < -0.39 is 10.0 Å². The fourth-order valence-corrected chi connectivity index (χ4v) is 5.54. The Morgan fingerprint density at radius 1 is 1.25 bits per heavy atom. The number of carbonyl (C=O) groups excluding carboxylic acids is 1. The van der Waals surface area contributed by atoms with Crippen LogP contribution in [0.5, 0.6) is 0 Å². The van der Waals surface area contributed by atoms with Crippen LogP contribution in [0.4, 0.5) is 5.69 Å². The topological polar surface area (TPSA) is 80.2 Å². The molecule has 7 nitrogen and oxygen atoms in total. The van der Waals surface area contributed by atoms with E-state index in [-0.39, 0.29) is 16.8 Å². The smallest absolute Gasteiger partial charge is 0.282 e. The Hall–Kier alpha value is -1.48. The number of sulfonamides is 1. The third-order valence-electron chi connectivity index (χ3n) is 5.97. The molecule has 2 saturated heterocycles. The molecule has 0 aromatic heterocycles. The number of amides is 1. The van der Waals surface area contributed by atoms with E-state index in [1.807, 2.05) is 6.92 Å². The minimum Gasteiger partial charge on any atom is -0.379 e. The van der Waals surface area contributed by atoms with Gasteiger partial charge in [0.1, 0.15) is 0 Å². The second kappa shape index (κ2) is 8.90. The van der Waals surface area contributed by atoms with Gasteiger partial charge in [-0.3, -0.25) is 4.79 Å². The van der Waals surface area contributed by atoms with E-state index in [1.165, 1.54) is 9.21 Å². The number of hydrogen-bond acceptors (Lipinski definition) is 4. The van der Waals surface area contributed by atoms with Crippen LogP contribution in [0.15, 0.2) is 23.1 Å². The molecule has 28 heavy (non-hydrogen) atoms. The van der Waals surface area contributed by atoms with Crippen LogP contribution < -0.4 is 10.2 Å². The molecule has 8 heteroatoms. The van der Waals surface area contributed by atoms with Gasteiger partial charge in [-0.1, -0.05) is 13.0 Å². The molecule has 0 radical (unpaired) electrons. The van der Waals surface area contributed by atoms with Crippen LogP contribution in [0.1, 0.15) is 32.3 Å². The van der Waals surface area contributed by atoms with Crippen LogP contribution >= 0.6 is 0 Å². The van der Waals surface area contributed by atoms with Crippen LogP contribution in [0, 0.1) is 12.8 Å². The highest BCUT2D eigenvalue weighted by Crippen LogP contribution is 2.24. The normalized spacial score (nSPS) is 25.2. The molecule has 2 heterocycles. The molecule has 2 aliphatic heterocycles. The van der Waals surface area contributed by atoms with Crippen LogP contribution in [0.2, 0.25) is 0 Å². The lowest BCUT2D eigenvalue weighted by atomic mass is 9.98. The average molecular weight is 411 g/mol. The molecule has 0 aliphatic carbocycles. The zero-order chi connectivity index (χ0) is 20.3. The summed E-state index contributed by atoms with van der Waals surface area (Å²) >= 11 is 0. The number of aryl methyl sites for hydroxylation is 1. The number of nitrogens with one attached hydrogen (secondary N) is 2. The lowest BCUT2D eigenvalue weighted by molar-refractivity contribution is -0.919. The molecule has 1 atom stereocenters. The fraction of sp³-hybridized carbons (Fsp3) is 0.650. The molecule has 1 aromatic rings. The Bertz CT molecular complexity index is 798. The first-order chi connectivity index (χ1) is 13.3. The van der Waals surface area contributed by atoms with Gasteiger partial charge in [-0.15, -0.1) is 0 Å². The third-order valence-corrected chi connectivity index (χ3v) is 8.01. The number of quaternary nitrogens is 1. The first kappa shape index (κ1) is 21.2. The van der Waals surface area contributed by atoms with Gasteiger partial charge in [0.15, 0.2) is 6.04 Å². The van der Waals surface area contributed by atoms with Crippen molar-refractivity contribution in [2.24, 2.45) is 5.92 Å². The summed E-state index contributed by atoms with van der Waals surface area (Å²) in [6.07, 6.45) is 2.28. The first-order valence-electron chi connectivity index (χ1n) is 10.1. The molecule has 0 spiro atoms. The Kier molecular flexibility index (Phi) is 6.75. The lowest BCUT2D eigenvalue weighted by Crippen LogP contribution is -3.17. The fourth-order valence-electron chi connectivity index (χ4n) is 3.88. The third kappa shape index (κ3) is 4.74. The minimum absolute atomic E-state index is 0.0665. The number of piperidine rings is 1. The number of likely N-dealkylation sites (tertiary alicyclic amines) is 1. The van der Waals surface area contributed by atoms with Gasteiger partial charge in [-0.25, -0.2) is 8.42 Å². The largest absolute Gasteiger partial charge is 0.379 e. The summed E-state index contributed by atoms with van der Waals surface area (Å²) in [7, 11) is -3.60. The molecular weight excluding hydrogens is 378 g/mol. The summed E-state index contributed by atoms with van der Waals surface area (Å²) in [6.45, 7) is 9.50. The quantitative estimate of drug-likeness (QED) is 0.747. The number of carbonyl (C=O) groups is 1. The molecule has 0 saturated carbocycles. The van der Waals surface area contributed by atoms with Crippen molar-refractivity contribution in [1.82, 2.24) is 4.31 Å². The van der Waals surface area contributed by atoms with Crippen molar-refractivity contribution in [3.8, 4) is 0 Å². The SMILES string of the molecule is Cc1ccc(NC(=O)[C@H](C)[NH+]2CCC(C)CC2)cc1S(=O)(=O)N1CCOCC1. The van der Waals surface area contributed by atoms with E-state index in [9.17, 15) is 13.2 Å². The molecule has 3 rings (SSSR count). The maximum Gasteiger partial charge on any atom is 0.282 e. The van der Waals surface area contributed by atoms with Crippen molar-refractivity contribution in [2.75, 3.05) is 44.7 Å². The standard InChI is InChI=1S/C20H31N3O4S/c1-15-6-8-22(9-7-15)17(3)20(24)21-18-5-4-16(2)19(14-18)28(25,26)23-10-12-27-13-11-23/h4-5,14-15,17H,6-13H2,1-3H3,(H,21,24)/p+1/t17-/m0/s1. The number of anilines is 1. The van der Waals surface area contributed by atoms with Gasteiger partial charge < -0.3 is 15.0 Å². The number of rotatable bonds is 5. The zero-order valence-electron chi connectivity index (χ0n) is 17.0. The van der Waals surface area contributed by atoms with Crippen molar-refractivity contribution in [2.45, 2.75) is 44.6 Å². The Morgan fingerprint density at radius 2 is 1.89 bits per heavy atom. The van der Waals surface area contributed by atoms with Gasteiger partial charge in [0, 0.05) is 18.8 Å². The highest BCUT2D eigenvalue weighted by atomic mass is 32.2. The van der Waals surface area contributed by atoms with Gasteiger partial charge in [0.2, 0.25) is 10.0 Å². The van der Waals surface area contributed by atoms with Crippen LogP contribution in [-0.2, 0) is 19.6 Å². The van der Waals surface area contributed by atoms with Gasteiger partial charge in [0.05, 0.1) is 31.2 Å². The van der Waals surface area contributed by atoms with Crippen molar-refractivity contribution in [1.29, 1.82) is 0 Å². The van der Waals surface area contributed by atoms with Crippen LogP contribution in [0.3, 0.4) is 0 Å². The van der Waals surface area contributed by atoms with E-state index in [1.54, 1.807) is 25.1 Å². The molecule has 156 valence electrons.